The summed E-state index contributed by atoms with van der Waals surface area (Å²) in [7, 11) is 0. The molecule has 5 nitrogen and oxygen atoms in total. The molecular formula is C11H9FN2O3. The first-order valence-corrected chi connectivity index (χ1v) is 4.81. The fourth-order valence-corrected chi connectivity index (χ4v) is 1.37. The zero-order valence-electron chi connectivity index (χ0n) is 8.68. The Kier molecular flexibility index (Phi) is 2.88. The minimum Gasteiger partial charge on any atom is -0.476 e. The predicted octanol–water partition coefficient (Wildman–Crippen LogP) is 1.64. The number of rotatable bonds is 3. The number of benzene rings is 1. The molecule has 0 aliphatic rings. The average molecular weight is 236 g/mol. The second-order valence-corrected chi connectivity index (χ2v) is 3.31. The lowest BCUT2D eigenvalue weighted by Crippen LogP contribution is -2.04. The van der Waals surface area contributed by atoms with Gasteiger partial charge in [-0.1, -0.05) is 0 Å². The number of aromatic nitrogens is 1. The second-order valence-electron chi connectivity index (χ2n) is 3.31. The summed E-state index contributed by atoms with van der Waals surface area (Å²) in [4.78, 5) is 14.7. The van der Waals surface area contributed by atoms with Crippen LogP contribution in [0.25, 0.3) is 11.5 Å². The third-order valence-electron chi connectivity index (χ3n) is 2.18. The summed E-state index contributed by atoms with van der Waals surface area (Å²) in [6, 6.07) is 5.38. The Morgan fingerprint density at radius 3 is 2.53 bits per heavy atom. The van der Waals surface area contributed by atoms with Crippen LogP contribution in [0.2, 0.25) is 0 Å². The summed E-state index contributed by atoms with van der Waals surface area (Å²) in [5, 5.41) is 8.86. The van der Waals surface area contributed by atoms with Gasteiger partial charge in [0.15, 0.2) is 11.5 Å². The number of carboxylic acids is 1. The van der Waals surface area contributed by atoms with Crippen LogP contribution in [0, 0.1) is 5.82 Å². The molecule has 0 aliphatic heterocycles. The van der Waals surface area contributed by atoms with Gasteiger partial charge in [-0.05, 0) is 24.3 Å². The number of carboxylic acid groups (broad SMARTS) is 1. The fourth-order valence-electron chi connectivity index (χ4n) is 1.37. The minimum atomic E-state index is -1.21. The standard InChI is InChI=1S/C11H9FN2O3/c12-7-3-1-6(2-4-7)10-14-9(11(15)16)8(5-13)17-10/h1-4H,5,13H2,(H,15,16). The van der Waals surface area contributed by atoms with Crippen molar-refractivity contribution in [3.63, 3.8) is 0 Å². The summed E-state index contributed by atoms with van der Waals surface area (Å²) in [6.45, 7) is -0.0597. The number of carbonyl (C=O) groups is 1. The SMILES string of the molecule is NCc1oc(-c2ccc(F)cc2)nc1C(=O)O. The van der Waals surface area contributed by atoms with Crippen LogP contribution in [0.1, 0.15) is 16.2 Å². The monoisotopic (exact) mass is 236 g/mol. The van der Waals surface area contributed by atoms with E-state index in [2.05, 4.69) is 4.98 Å². The van der Waals surface area contributed by atoms with E-state index in [1.54, 1.807) is 0 Å². The van der Waals surface area contributed by atoms with Gasteiger partial charge in [0.1, 0.15) is 5.82 Å². The van der Waals surface area contributed by atoms with Crippen LogP contribution in [0.15, 0.2) is 28.7 Å². The maximum absolute atomic E-state index is 12.7. The van der Waals surface area contributed by atoms with E-state index in [0.29, 0.717) is 5.56 Å². The van der Waals surface area contributed by atoms with Gasteiger partial charge in [-0.3, -0.25) is 0 Å². The second kappa shape index (κ2) is 4.34. The number of hydrogen-bond donors (Lipinski definition) is 2. The molecule has 2 aromatic rings. The molecule has 1 aromatic carbocycles. The van der Waals surface area contributed by atoms with Gasteiger partial charge in [0, 0.05) is 5.56 Å². The molecule has 1 aromatic heterocycles. The van der Waals surface area contributed by atoms with Crippen molar-refractivity contribution in [2.45, 2.75) is 6.54 Å². The zero-order chi connectivity index (χ0) is 12.4. The third kappa shape index (κ3) is 2.16. The number of oxazole rings is 1. The fraction of sp³-hybridized carbons (Fsp3) is 0.0909. The van der Waals surface area contributed by atoms with E-state index >= 15 is 0 Å². The molecule has 3 N–H and O–H groups in total. The largest absolute Gasteiger partial charge is 0.476 e. The Morgan fingerprint density at radius 2 is 2.06 bits per heavy atom. The first-order chi connectivity index (χ1) is 8.11. The summed E-state index contributed by atoms with van der Waals surface area (Å²) in [5.41, 5.74) is 5.63. The van der Waals surface area contributed by atoms with Crippen LogP contribution in [0.4, 0.5) is 4.39 Å². The van der Waals surface area contributed by atoms with Gasteiger partial charge in [-0.2, -0.15) is 0 Å². The maximum atomic E-state index is 12.7. The highest BCUT2D eigenvalue weighted by Gasteiger charge is 2.18. The first-order valence-electron chi connectivity index (χ1n) is 4.81. The van der Waals surface area contributed by atoms with Crippen LogP contribution in [-0.2, 0) is 6.54 Å². The van der Waals surface area contributed by atoms with Crippen molar-refractivity contribution in [2.24, 2.45) is 5.73 Å². The lowest BCUT2D eigenvalue weighted by atomic mass is 10.2. The van der Waals surface area contributed by atoms with E-state index in [4.69, 9.17) is 15.3 Å². The van der Waals surface area contributed by atoms with E-state index in [9.17, 15) is 9.18 Å². The van der Waals surface area contributed by atoms with Crippen LogP contribution in [-0.4, -0.2) is 16.1 Å². The number of nitrogens with zero attached hydrogens (tertiary/aromatic N) is 1. The van der Waals surface area contributed by atoms with E-state index in [1.165, 1.54) is 24.3 Å². The van der Waals surface area contributed by atoms with Gasteiger partial charge in [0.05, 0.1) is 6.54 Å². The van der Waals surface area contributed by atoms with Crippen molar-refractivity contribution < 1.29 is 18.7 Å². The molecule has 0 atom stereocenters. The molecule has 17 heavy (non-hydrogen) atoms. The van der Waals surface area contributed by atoms with Crippen LogP contribution < -0.4 is 5.73 Å². The van der Waals surface area contributed by atoms with E-state index in [-0.39, 0.29) is 23.9 Å². The smallest absolute Gasteiger partial charge is 0.358 e. The number of halogens is 1. The quantitative estimate of drug-likeness (QED) is 0.845. The maximum Gasteiger partial charge on any atom is 0.358 e. The Bertz CT molecular complexity index is 548. The molecule has 0 bridgehead atoms. The third-order valence-corrected chi connectivity index (χ3v) is 2.18. The highest BCUT2D eigenvalue weighted by atomic mass is 19.1. The minimum absolute atomic E-state index is 0.0597. The predicted molar refractivity (Wildman–Crippen MR) is 56.7 cm³/mol. The molecule has 0 spiro atoms. The van der Waals surface area contributed by atoms with Crippen molar-refractivity contribution in [2.75, 3.05) is 0 Å². The van der Waals surface area contributed by atoms with Gasteiger partial charge in [-0.15, -0.1) is 0 Å². The van der Waals surface area contributed by atoms with Gasteiger partial charge < -0.3 is 15.3 Å². The number of aromatic carboxylic acids is 1. The summed E-state index contributed by atoms with van der Waals surface area (Å²) < 4.78 is 17.9. The van der Waals surface area contributed by atoms with E-state index in [1.807, 2.05) is 0 Å². The van der Waals surface area contributed by atoms with Crippen LogP contribution in [0.5, 0.6) is 0 Å². The normalized spacial score (nSPS) is 10.5. The Hall–Kier alpha value is -2.21. The Labute approximate surface area is 95.7 Å². The molecule has 2 rings (SSSR count). The lowest BCUT2D eigenvalue weighted by molar-refractivity contribution is 0.0689. The molecule has 0 saturated carbocycles. The van der Waals surface area contributed by atoms with Crippen molar-refractivity contribution in [1.29, 1.82) is 0 Å². The molecule has 0 aliphatic carbocycles. The van der Waals surface area contributed by atoms with Crippen LogP contribution in [0.3, 0.4) is 0 Å². The number of hydrogen-bond acceptors (Lipinski definition) is 4. The lowest BCUT2D eigenvalue weighted by Gasteiger charge is -1.94. The van der Waals surface area contributed by atoms with E-state index < -0.39 is 11.8 Å². The first kappa shape index (κ1) is 11.3. The van der Waals surface area contributed by atoms with Crippen molar-refractivity contribution >= 4 is 5.97 Å². The Balaban J connectivity index is 2.46. The molecule has 0 fully saturated rings. The molecular weight excluding hydrogens is 227 g/mol. The van der Waals surface area contributed by atoms with Crippen molar-refractivity contribution in [3.8, 4) is 11.5 Å². The molecule has 0 saturated heterocycles. The molecule has 1 heterocycles. The van der Waals surface area contributed by atoms with E-state index in [0.717, 1.165) is 0 Å². The zero-order valence-corrected chi connectivity index (χ0v) is 8.68. The van der Waals surface area contributed by atoms with Crippen molar-refractivity contribution in [3.05, 3.63) is 41.5 Å². The average Bonchev–Trinajstić information content (AvgIpc) is 2.74. The molecule has 0 radical (unpaired) electrons. The van der Waals surface area contributed by atoms with Gasteiger partial charge in [0.25, 0.3) is 0 Å². The summed E-state index contributed by atoms with van der Waals surface area (Å²) >= 11 is 0. The summed E-state index contributed by atoms with van der Waals surface area (Å²) in [6.07, 6.45) is 0. The highest BCUT2D eigenvalue weighted by molar-refractivity contribution is 5.87. The molecule has 88 valence electrons. The van der Waals surface area contributed by atoms with Gasteiger partial charge >= 0.3 is 5.97 Å². The number of nitrogens with two attached hydrogens (primary N) is 1. The highest BCUT2D eigenvalue weighted by Crippen LogP contribution is 2.22. The molecule has 0 amide bonds. The topological polar surface area (TPSA) is 89.4 Å². The van der Waals surface area contributed by atoms with Gasteiger partial charge in [-0.25, -0.2) is 14.2 Å². The van der Waals surface area contributed by atoms with Gasteiger partial charge in [0.2, 0.25) is 5.89 Å². The van der Waals surface area contributed by atoms with Crippen LogP contribution >= 0.6 is 0 Å². The Morgan fingerprint density at radius 1 is 1.41 bits per heavy atom. The molecule has 0 unspecified atom stereocenters. The summed E-state index contributed by atoms with van der Waals surface area (Å²) in [5.74, 6) is -1.39. The van der Waals surface area contributed by atoms with Crippen molar-refractivity contribution in [1.82, 2.24) is 4.98 Å². The molecule has 6 heteroatoms.